The van der Waals surface area contributed by atoms with E-state index in [1.807, 2.05) is 20.8 Å². The molecule has 0 saturated carbocycles. The van der Waals surface area contributed by atoms with Crippen LogP contribution in [0.4, 0.5) is 0 Å². The van der Waals surface area contributed by atoms with Crippen molar-refractivity contribution in [3.8, 4) is 0 Å². The highest BCUT2D eigenvalue weighted by Crippen LogP contribution is 2.71. The zero-order chi connectivity index (χ0) is 18.6. The van der Waals surface area contributed by atoms with Crippen molar-refractivity contribution in [1.29, 1.82) is 0 Å². The summed E-state index contributed by atoms with van der Waals surface area (Å²) in [4.78, 5) is 40.2. The number of thioether (sulfide) groups is 1. The Balaban J connectivity index is 2.05. The molecule has 5 atom stereocenters. The molecular formula is C17H27N3O4S. The maximum Gasteiger partial charge on any atom is 0.244 e. The van der Waals surface area contributed by atoms with Crippen LogP contribution in [0.3, 0.4) is 0 Å². The van der Waals surface area contributed by atoms with Gasteiger partial charge in [-0.05, 0) is 33.6 Å². The number of aliphatic hydroxyl groups is 1. The molecule has 3 fully saturated rings. The predicted molar refractivity (Wildman–Crippen MR) is 94.9 cm³/mol. The second-order valence-corrected chi connectivity index (χ2v) is 9.66. The molecule has 3 N–H and O–H groups in total. The van der Waals surface area contributed by atoms with Gasteiger partial charge in [0.2, 0.25) is 17.7 Å². The molecule has 3 aliphatic rings. The highest BCUT2D eigenvalue weighted by Gasteiger charge is 2.76. The molecule has 3 rings (SSSR count). The summed E-state index contributed by atoms with van der Waals surface area (Å²) in [5.41, 5.74) is 0. The van der Waals surface area contributed by atoms with Crippen LogP contribution in [0.25, 0.3) is 0 Å². The summed E-state index contributed by atoms with van der Waals surface area (Å²) >= 11 is 1.63. The molecule has 3 heterocycles. The van der Waals surface area contributed by atoms with E-state index in [4.69, 9.17) is 0 Å². The zero-order valence-electron chi connectivity index (χ0n) is 15.2. The van der Waals surface area contributed by atoms with E-state index in [9.17, 15) is 19.5 Å². The van der Waals surface area contributed by atoms with Gasteiger partial charge >= 0.3 is 0 Å². The summed E-state index contributed by atoms with van der Waals surface area (Å²) in [6.07, 6.45) is 1.54. The van der Waals surface area contributed by atoms with Gasteiger partial charge in [0.1, 0.15) is 6.04 Å². The van der Waals surface area contributed by atoms with Crippen LogP contribution in [0.2, 0.25) is 0 Å². The van der Waals surface area contributed by atoms with Gasteiger partial charge in [-0.2, -0.15) is 0 Å². The van der Waals surface area contributed by atoms with Crippen LogP contribution in [0.5, 0.6) is 0 Å². The van der Waals surface area contributed by atoms with Gasteiger partial charge < -0.3 is 20.6 Å². The first-order chi connectivity index (χ1) is 11.7. The number of amides is 3. The zero-order valence-corrected chi connectivity index (χ0v) is 16.0. The number of β-amino-alcohol motifs (C(OH)–C–C–N with tert-alkyl or cyclic N) is 1. The second-order valence-electron chi connectivity index (χ2n) is 7.76. The van der Waals surface area contributed by atoms with Crippen molar-refractivity contribution in [3.05, 3.63) is 0 Å². The lowest BCUT2D eigenvalue weighted by Crippen LogP contribution is -2.55. The summed E-state index contributed by atoms with van der Waals surface area (Å²) in [5.74, 6) is -1.45. The minimum Gasteiger partial charge on any atom is -0.395 e. The molecule has 2 unspecified atom stereocenters. The molecule has 7 nitrogen and oxygen atoms in total. The van der Waals surface area contributed by atoms with Crippen LogP contribution >= 0.6 is 11.8 Å². The number of nitrogens with one attached hydrogen (secondary N) is 2. The molecule has 25 heavy (non-hydrogen) atoms. The van der Waals surface area contributed by atoms with Crippen LogP contribution in [0.1, 0.15) is 33.6 Å². The van der Waals surface area contributed by atoms with Gasteiger partial charge in [-0.3, -0.25) is 14.4 Å². The van der Waals surface area contributed by atoms with Gasteiger partial charge in [-0.25, -0.2) is 0 Å². The van der Waals surface area contributed by atoms with E-state index < -0.39 is 22.6 Å². The summed E-state index contributed by atoms with van der Waals surface area (Å²) in [5, 5.41) is 15.0. The van der Waals surface area contributed by atoms with Gasteiger partial charge in [0.05, 0.1) is 23.2 Å². The minimum atomic E-state index is -0.638. The summed E-state index contributed by atoms with van der Waals surface area (Å²) in [6.45, 7) is 5.71. The molecule has 0 aromatic carbocycles. The van der Waals surface area contributed by atoms with Gasteiger partial charge in [-0.1, -0.05) is 0 Å². The Kier molecular flexibility index (Phi) is 4.56. The maximum atomic E-state index is 13.2. The minimum absolute atomic E-state index is 0.0389. The SMILES string of the molecule is CNC(=O)[C@H]1[C@H]2C(=O)N(CCO)C(C(=O)NC(C)C)C23CC[C@]1(C)S3. The molecule has 0 radical (unpaired) electrons. The quantitative estimate of drug-likeness (QED) is 0.620. The van der Waals surface area contributed by atoms with Gasteiger partial charge in [0.15, 0.2) is 0 Å². The Morgan fingerprint density at radius 3 is 2.60 bits per heavy atom. The van der Waals surface area contributed by atoms with Crippen LogP contribution < -0.4 is 10.6 Å². The molecule has 0 aromatic heterocycles. The average Bonchev–Trinajstić information content (AvgIpc) is 3.08. The first kappa shape index (κ1) is 18.5. The Bertz CT molecular complexity index is 613. The van der Waals surface area contributed by atoms with Crippen molar-refractivity contribution in [1.82, 2.24) is 15.5 Å². The van der Waals surface area contributed by atoms with Crippen molar-refractivity contribution in [3.63, 3.8) is 0 Å². The van der Waals surface area contributed by atoms with E-state index in [-0.39, 0.29) is 41.7 Å². The second kappa shape index (κ2) is 6.16. The highest BCUT2D eigenvalue weighted by molar-refractivity contribution is 8.02. The van der Waals surface area contributed by atoms with Crippen molar-refractivity contribution in [2.75, 3.05) is 20.2 Å². The van der Waals surface area contributed by atoms with Crippen molar-refractivity contribution >= 4 is 29.5 Å². The molecule has 1 spiro atoms. The highest BCUT2D eigenvalue weighted by atomic mass is 32.2. The maximum absolute atomic E-state index is 13.2. The molecular weight excluding hydrogens is 342 g/mol. The van der Waals surface area contributed by atoms with Crippen molar-refractivity contribution in [2.45, 2.75) is 55.2 Å². The van der Waals surface area contributed by atoms with Crippen LogP contribution in [0.15, 0.2) is 0 Å². The van der Waals surface area contributed by atoms with Gasteiger partial charge in [0, 0.05) is 24.4 Å². The third-order valence-electron chi connectivity index (χ3n) is 5.83. The molecule has 3 amide bonds. The number of aliphatic hydroxyl groups excluding tert-OH is 1. The predicted octanol–water partition coefficient (Wildman–Crippen LogP) is -0.269. The first-order valence-corrected chi connectivity index (χ1v) is 9.67. The van der Waals surface area contributed by atoms with Crippen LogP contribution in [-0.2, 0) is 14.4 Å². The molecule has 0 aromatic rings. The molecule has 3 saturated heterocycles. The smallest absolute Gasteiger partial charge is 0.244 e. The van der Waals surface area contributed by atoms with E-state index in [1.54, 1.807) is 18.8 Å². The standard InChI is InChI=1S/C17H27N3O4S/c1-9(2)19-14(23)12-17-6-5-16(3,25-17)10(13(22)18-4)11(17)15(24)20(12)7-8-21/h9-12,21H,5-8H2,1-4H3,(H,18,22)(H,19,23)/t10-,11+,12?,16+,17?/m1/s1. The molecule has 2 bridgehead atoms. The average molecular weight is 369 g/mol. The molecule has 140 valence electrons. The number of rotatable bonds is 5. The summed E-state index contributed by atoms with van der Waals surface area (Å²) in [6, 6.07) is -0.677. The number of fused-ring (bicyclic) bond motifs is 1. The number of hydrogen-bond acceptors (Lipinski definition) is 5. The Hall–Kier alpha value is -1.28. The van der Waals surface area contributed by atoms with E-state index in [0.717, 1.165) is 12.8 Å². The van der Waals surface area contributed by atoms with Crippen LogP contribution in [-0.4, -0.2) is 69.5 Å². The third kappa shape index (κ3) is 2.48. The van der Waals surface area contributed by atoms with Gasteiger partial charge in [-0.15, -0.1) is 11.8 Å². The fourth-order valence-electron chi connectivity index (χ4n) is 4.99. The number of carbonyl (C=O) groups is 3. The number of nitrogens with zero attached hydrogens (tertiary/aromatic N) is 1. The number of hydrogen-bond donors (Lipinski definition) is 3. The summed E-state index contributed by atoms with van der Waals surface area (Å²) in [7, 11) is 1.59. The lowest BCUT2D eigenvalue weighted by molar-refractivity contribution is -0.141. The normalized spacial score (nSPS) is 39.0. The van der Waals surface area contributed by atoms with E-state index >= 15 is 0 Å². The monoisotopic (exact) mass is 369 g/mol. The molecule has 3 aliphatic heterocycles. The van der Waals surface area contributed by atoms with Crippen molar-refractivity contribution < 1.29 is 19.5 Å². The number of likely N-dealkylation sites (tertiary alicyclic amines) is 1. The first-order valence-electron chi connectivity index (χ1n) is 8.85. The van der Waals surface area contributed by atoms with Crippen molar-refractivity contribution in [2.24, 2.45) is 11.8 Å². The fourth-order valence-corrected chi connectivity index (χ4v) is 7.35. The van der Waals surface area contributed by atoms with Gasteiger partial charge in [0.25, 0.3) is 0 Å². The third-order valence-corrected chi connectivity index (χ3v) is 7.81. The lowest BCUT2D eigenvalue weighted by atomic mass is 9.66. The Morgan fingerprint density at radius 1 is 1.36 bits per heavy atom. The van der Waals surface area contributed by atoms with E-state index in [1.165, 1.54) is 4.90 Å². The van der Waals surface area contributed by atoms with E-state index in [2.05, 4.69) is 10.6 Å². The summed E-state index contributed by atoms with van der Waals surface area (Å²) < 4.78 is -0.917. The Labute approximate surface area is 152 Å². The van der Waals surface area contributed by atoms with E-state index in [0.29, 0.717) is 0 Å². The van der Waals surface area contributed by atoms with Crippen LogP contribution in [0, 0.1) is 11.8 Å². The largest absolute Gasteiger partial charge is 0.395 e. The lowest BCUT2D eigenvalue weighted by Gasteiger charge is -2.34. The fraction of sp³-hybridized carbons (Fsp3) is 0.824. The number of carbonyl (C=O) groups excluding carboxylic acids is 3. The molecule has 8 heteroatoms. The Morgan fingerprint density at radius 2 is 2.04 bits per heavy atom. The molecule has 0 aliphatic carbocycles. The topological polar surface area (TPSA) is 98.7 Å².